The molecule has 1 saturated heterocycles. The highest BCUT2D eigenvalue weighted by atomic mass is 16.1. The highest BCUT2D eigenvalue weighted by Gasteiger charge is 2.50. The van der Waals surface area contributed by atoms with Gasteiger partial charge < -0.3 is 5.32 Å². The third-order valence-corrected chi connectivity index (χ3v) is 6.66. The number of Topliss-reactive ketones (excluding diaryl/α,β-unsaturated/α-hetero) is 1. The number of ketones is 1. The molecule has 2 fully saturated rings. The minimum atomic E-state index is -0.0228. The van der Waals surface area contributed by atoms with Crippen molar-refractivity contribution >= 4 is 5.78 Å². The maximum Gasteiger partial charge on any atom is 0.134 e. The standard InChI is InChI=1S/C26H25NO/c28-24-15-23-17-27-18-26(23,16-24)22-13-7-12-21(14-22)25(19-8-3-1-4-9-19)20-10-5-2-6-11-20/h1-14,23,25,27H,15-18H2. The van der Waals surface area contributed by atoms with E-state index in [1.165, 1.54) is 22.3 Å². The Labute approximate surface area is 166 Å². The predicted molar refractivity (Wildman–Crippen MR) is 113 cm³/mol. The molecule has 0 bridgehead atoms. The molecule has 2 aliphatic rings. The van der Waals surface area contributed by atoms with Gasteiger partial charge in [-0.1, -0.05) is 84.9 Å². The first-order chi connectivity index (χ1) is 13.8. The van der Waals surface area contributed by atoms with Gasteiger partial charge in [-0.05, 0) is 34.7 Å². The third-order valence-electron chi connectivity index (χ3n) is 6.66. The van der Waals surface area contributed by atoms with Crippen LogP contribution in [0.4, 0.5) is 0 Å². The van der Waals surface area contributed by atoms with Crippen LogP contribution in [0.25, 0.3) is 0 Å². The van der Waals surface area contributed by atoms with Crippen molar-refractivity contribution in [3.05, 3.63) is 107 Å². The van der Waals surface area contributed by atoms with Crippen LogP contribution in [0.2, 0.25) is 0 Å². The van der Waals surface area contributed by atoms with E-state index < -0.39 is 0 Å². The second-order valence-corrected chi connectivity index (χ2v) is 8.28. The number of hydrogen-bond donors (Lipinski definition) is 1. The fourth-order valence-electron chi connectivity index (χ4n) is 5.32. The van der Waals surface area contributed by atoms with Gasteiger partial charge in [-0.15, -0.1) is 0 Å². The molecule has 3 aromatic carbocycles. The molecule has 2 nitrogen and oxygen atoms in total. The number of carbonyl (C=O) groups is 1. The molecule has 28 heavy (non-hydrogen) atoms. The van der Waals surface area contributed by atoms with E-state index >= 15 is 0 Å². The van der Waals surface area contributed by atoms with E-state index in [2.05, 4.69) is 90.2 Å². The van der Waals surface area contributed by atoms with E-state index in [1.807, 2.05) is 0 Å². The summed E-state index contributed by atoms with van der Waals surface area (Å²) in [5.41, 5.74) is 5.20. The maximum atomic E-state index is 12.3. The Kier molecular flexibility index (Phi) is 4.37. The van der Waals surface area contributed by atoms with Crippen LogP contribution in [0.3, 0.4) is 0 Å². The van der Waals surface area contributed by atoms with E-state index in [-0.39, 0.29) is 11.3 Å². The topological polar surface area (TPSA) is 29.1 Å². The summed E-state index contributed by atoms with van der Waals surface area (Å²) < 4.78 is 0. The SMILES string of the molecule is O=C1CC2CNCC2(c2cccc(C(c3ccccc3)c3ccccc3)c2)C1. The van der Waals surface area contributed by atoms with E-state index in [0.717, 1.165) is 19.5 Å². The van der Waals surface area contributed by atoms with Gasteiger partial charge in [-0.2, -0.15) is 0 Å². The van der Waals surface area contributed by atoms with Crippen molar-refractivity contribution in [3.63, 3.8) is 0 Å². The molecule has 1 N–H and O–H groups in total. The third kappa shape index (κ3) is 2.89. The Morgan fingerprint density at radius 2 is 1.46 bits per heavy atom. The average molecular weight is 367 g/mol. The first kappa shape index (κ1) is 17.4. The molecule has 0 radical (unpaired) electrons. The Hall–Kier alpha value is -2.71. The Morgan fingerprint density at radius 1 is 0.821 bits per heavy atom. The lowest BCUT2D eigenvalue weighted by Gasteiger charge is -2.29. The number of benzene rings is 3. The van der Waals surface area contributed by atoms with E-state index in [9.17, 15) is 4.79 Å². The van der Waals surface area contributed by atoms with Crippen molar-refractivity contribution in [2.75, 3.05) is 13.1 Å². The fraction of sp³-hybridized carbons (Fsp3) is 0.269. The molecule has 0 amide bonds. The molecular formula is C26H25NO. The quantitative estimate of drug-likeness (QED) is 0.678. The average Bonchev–Trinajstić information content (AvgIpc) is 3.27. The summed E-state index contributed by atoms with van der Waals surface area (Å²) in [4.78, 5) is 12.3. The fourth-order valence-corrected chi connectivity index (χ4v) is 5.32. The summed E-state index contributed by atoms with van der Waals surface area (Å²) in [6.45, 7) is 1.87. The highest BCUT2D eigenvalue weighted by Crippen LogP contribution is 2.47. The minimum Gasteiger partial charge on any atom is -0.315 e. The van der Waals surface area contributed by atoms with E-state index in [1.54, 1.807) is 0 Å². The molecule has 0 aromatic heterocycles. The lowest BCUT2D eigenvalue weighted by molar-refractivity contribution is -0.117. The van der Waals surface area contributed by atoms with E-state index in [0.29, 0.717) is 18.1 Å². The summed E-state index contributed by atoms with van der Waals surface area (Å²) in [5.74, 6) is 1.05. The largest absolute Gasteiger partial charge is 0.315 e. The number of rotatable bonds is 4. The monoisotopic (exact) mass is 367 g/mol. The molecule has 3 aromatic rings. The molecule has 2 heteroatoms. The molecule has 1 aliphatic carbocycles. The zero-order valence-electron chi connectivity index (χ0n) is 16.0. The molecule has 2 unspecified atom stereocenters. The van der Waals surface area contributed by atoms with Crippen molar-refractivity contribution in [2.45, 2.75) is 24.2 Å². The minimum absolute atomic E-state index is 0.0228. The van der Waals surface area contributed by atoms with Crippen molar-refractivity contribution in [1.82, 2.24) is 5.32 Å². The zero-order valence-corrected chi connectivity index (χ0v) is 16.0. The molecule has 140 valence electrons. The summed E-state index contributed by atoms with van der Waals surface area (Å²) in [5, 5.41) is 3.54. The van der Waals surface area contributed by atoms with Gasteiger partial charge in [0.2, 0.25) is 0 Å². The van der Waals surface area contributed by atoms with Gasteiger partial charge in [0.25, 0.3) is 0 Å². The summed E-state index contributed by atoms with van der Waals surface area (Å²) in [6.07, 6.45) is 1.40. The van der Waals surface area contributed by atoms with Gasteiger partial charge in [0.1, 0.15) is 5.78 Å². The second-order valence-electron chi connectivity index (χ2n) is 8.28. The molecule has 1 saturated carbocycles. The van der Waals surface area contributed by atoms with Crippen molar-refractivity contribution in [2.24, 2.45) is 5.92 Å². The lowest BCUT2D eigenvalue weighted by atomic mass is 9.73. The lowest BCUT2D eigenvalue weighted by Crippen LogP contribution is -2.31. The van der Waals surface area contributed by atoms with Gasteiger partial charge in [0, 0.05) is 30.7 Å². The van der Waals surface area contributed by atoms with Gasteiger partial charge in [-0.25, -0.2) is 0 Å². The van der Waals surface area contributed by atoms with Crippen LogP contribution in [0, 0.1) is 5.92 Å². The smallest absolute Gasteiger partial charge is 0.134 e. The Bertz CT molecular complexity index is 942. The van der Waals surface area contributed by atoms with Gasteiger partial charge in [-0.3, -0.25) is 4.79 Å². The zero-order chi connectivity index (χ0) is 19.0. The Balaban J connectivity index is 1.62. The Morgan fingerprint density at radius 3 is 2.14 bits per heavy atom. The predicted octanol–water partition coefficient (Wildman–Crippen LogP) is 4.69. The molecule has 1 aliphatic heterocycles. The van der Waals surface area contributed by atoms with Crippen LogP contribution < -0.4 is 5.32 Å². The molecular weight excluding hydrogens is 342 g/mol. The van der Waals surface area contributed by atoms with Crippen LogP contribution in [0.15, 0.2) is 84.9 Å². The number of carbonyl (C=O) groups excluding carboxylic acids is 1. The second kappa shape index (κ2) is 7.03. The van der Waals surface area contributed by atoms with E-state index in [4.69, 9.17) is 0 Å². The molecule has 5 rings (SSSR count). The number of nitrogens with one attached hydrogen (secondary N) is 1. The van der Waals surface area contributed by atoms with Gasteiger partial charge in [0.05, 0.1) is 0 Å². The highest BCUT2D eigenvalue weighted by molar-refractivity contribution is 5.84. The van der Waals surface area contributed by atoms with Crippen LogP contribution in [0.5, 0.6) is 0 Å². The normalized spacial score (nSPS) is 23.9. The van der Waals surface area contributed by atoms with Crippen LogP contribution >= 0.6 is 0 Å². The number of fused-ring (bicyclic) bond motifs is 1. The van der Waals surface area contributed by atoms with Crippen LogP contribution in [0.1, 0.15) is 41.0 Å². The number of hydrogen-bond acceptors (Lipinski definition) is 2. The van der Waals surface area contributed by atoms with Crippen molar-refractivity contribution in [1.29, 1.82) is 0 Å². The summed E-state index contributed by atoms with van der Waals surface area (Å²) >= 11 is 0. The molecule has 2 atom stereocenters. The molecule has 1 heterocycles. The maximum absolute atomic E-state index is 12.3. The van der Waals surface area contributed by atoms with Crippen LogP contribution in [-0.4, -0.2) is 18.9 Å². The summed E-state index contributed by atoms with van der Waals surface area (Å²) in [7, 11) is 0. The molecule has 0 spiro atoms. The summed E-state index contributed by atoms with van der Waals surface area (Å²) in [6, 6.07) is 30.4. The van der Waals surface area contributed by atoms with Crippen LogP contribution in [-0.2, 0) is 10.2 Å². The van der Waals surface area contributed by atoms with Gasteiger partial charge in [0.15, 0.2) is 0 Å². The first-order valence-electron chi connectivity index (χ1n) is 10.2. The first-order valence-corrected chi connectivity index (χ1v) is 10.2. The van der Waals surface area contributed by atoms with Gasteiger partial charge >= 0.3 is 0 Å². The van der Waals surface area contributed by atoms with Crippen molar-refractivity contribution in [3.8, 4) is 0 Å². The van der Waals surface area contributed by atoms with Crippen molar-refractivity contribution < 1.29 is 4.79 Å².